The van der Waals surface area contributed by atoms with Crippen LogP contribution < -0.4 is 10.4 Å². The molecular weight excluding hydrogens is 226 g/mol. The summed E-state index contributed by atoms with van der Waals surface area (Å²) in [6.07, 6.45) is 6.54. The fourth-order valence-corrected chi connectivity index (χ4v) is 2.49. The van der Waals surface area contributed by atoms with Gasteiger partial charge in [-0.1, -0.05) is 12.8 Å². The predicted octanol–water partition coefficient (Wildman–Crippen LogP) is 3.01. The second-order valence-corrected chi connectivity index (χ2v) is 4.76. The molecule has 98 valence electrons. The topological polar surface area (TPSA) is 47.9 Å². The second-order valence-electron chi connectivity index (χ2n) is 4.76. The molecule has 0 unspecified atom stereocenters. The first-order valence-electron chi connectivity index (χ1n) is 6.59. The van der Waals surface area contributed by atoms with Crippen LogP contribution in [0.5, 0.6) is 0 Å². The summed E-state index contributed by atoms with van der Waals surface area (Å²) in [5.41, 5.74) is 5.33. The van der Waals surface area contributed by atoms with Crippen molar-refractivity contribution in [1.29, 1.82) is 0 Å². The number of hydroxylamine groups is 1. The van der Waals surface area contributed by atoms with Crippen LogP contribution in [0, 0.1) is 6.92 Å². The highest BCUT2D eigenvalue weighted by Crippen LogP contribution is 2.26. The molecule has 0 bridgehead atoms. The SMILES string of the molecule is Cc1cc(N=CNO)ccc1N1CCCCCC1. The minimum Gasteiger partial charge on any atom is -0.371 e. The summed E-state index contributed by atoms with van der Waals surface area (Å²) >= 11 is 0. The average Bonchev–Trinajstić information content (AvgIpc) is 2.65. The first-order chi connectivity index (χ1) is 8.81. The van der Waals surface area contributed by atoms with Crippen LogP contribution >= 0.6 is 0 Å². The van der Waals surface area contributed by atoms with E-state index in [9.17, 15) is 0 Å². The van der Waals surface area contributed by atoms with Crippen LogP contribution in [0.4, 0.5) is 11.4 Å². The standard InChI is InChI=1S/C14H21N3O/c1-12-10-13(15-11-16-18)6-7-14(12)17-8-4-2-3-5-9-17/h6-7,10-11,18H,2-5,8-9H2,1H3,(H,15,16). The number of nitrogens with zero attached hydrogens (tertiary/aromatic N) is 2. The number of anilines is 1. The second kappa shape index (κ2) is 6.40. The molecule has 4 nitrogen and oxygen atoms in total. The van der Waals surface area contributed by atoms with E-state index in [-0.39, 0.29) is 0 Å². The number of hydrogen-bond acceptors (Lipinski definition) is 3. The van der Waals surface area contributed by atoms with Crippen molar-refractivity contribution in [3.8, 4) is 0 Å². The number of rotatable bonds is 3. The summed E-state index contributed by atoms with van der Waals surface area (Å²) in [4.78, 5) is 6.56. The molecule has 1 aromatic carbocycles. The Morgan fingerprint density at radius 3 is 2.56 bits per heavy atom. The maximum absolute atomic E-state index is 8.48. The van der Waals surface area contributed by atoms with Crippen LogP contribution in [0.1, 0.15) is 31.2 Å². The van der Waals surface area contributed by atoms with E-state index in [0.717, 1.165) is 18.8 Å². The van der Waals surface area contributed by atoms with E-state index in [2.05, 4.69) is 22.9 Å². The molecule has 1 aliphatic rings. The van der Waals surface area contributed by atoms with Crippen molar-refractivity contribution < 1.29 is 5.21 Å². The van der Waals surface area contributed by atoms with E-state index in [1.807, 2.05) is 17.6 Å². The van der Waals surface area contributed by atoms with Gasteiger partial charge in [0.05, 0.1) is 5.69 Å². The summed E-state index contributed by atoms with van der Waals surface area (Å²) in [5, 5.41) is 8.48. The van der Waals surface area contributed by atoms with Crippen molar-refractivity contribution in [1.82, 2.24) is 5.48 Å². The molecule has 0 aliphatic carbocycles. The largest absolute Gasteiger partial charge is 0.371 e. The Labute approximate surface area is 108 Å². The number of nitrogens with one attached hydrogen (secondary N) is 1. The van der Waals surface area contributed by atoms with Gasteiger partial charge in [-0.05, 0) is 43.5 Å². The maximum atomic E-state index is 8.48. The van der Waals surface area contributed by atoms with Crippen molar-refractivity contribution in [3.05, 3.63) is 23.8 Å². The third-order valence-electron chi connectivity index (χ3n) is 3.40. The summed E-state index contributed by atoms with van der Waals surface area (Å²) < 4.78 is 0. The molecule has 0 radical (unpaired) electrons. The van der Waals surface area contributed by atoms with Gasteiger partial charge in [0, 0.05) is 18.8 Å². The normalized spacial score (nSPS) is 16.9. The molecule has 1 fully saturated rings. The number of aliphatic imine (C=N–C) groups is 1. The smallest absolute Gasteiger partial charge is 0.113 e. The Kier molecular flexibility index (Phi) is 4.59. The van der Waals surface area contributed by atoms with Crippen LogP contribution in [0.25, 0.3) is 0 Å². The van der Waals surface area contributed by atoms with Gasteiger partial charge in [0.2, 0.25) is 0 Å². The summed E-state index contributed by atoms with van der Waals surface area (Å²) in [6.45, 7) is 4.43. The van der Waals surface area contributed by atoms with E-state index in [1.54, 1.807) is 0 Å². The monoisotopic (exact) mass is 247 g/mol. The average molecular weight is 247 g/mol. The van der Waals surface area contributed by atoms with Gasteiger partial charge in [-0.25, -0.2) is 4.99 Å². The first-order valence-corrected chi connectivity index (χ1v) is 6.59. The lowest BCUT2D eigenvalue weighted by atomic mass is 10.1. The number of aryl methyl sites for hydroxylation is 1. The Morgan fingerprint density at radius 1 is 1.22 bits per heavy atom. The van der Waals surface area contributed by atoms with Crippen LogP contribution in [0.3, 0.4) is 0 Å². The summed E-state index contributed by atoms with van der Waals surface area (Å²) in [7, 11) is 0. The molecule has 2 N–H and O–H groups in total. The molecule has 1 saturated heterocycles. The quantitative estimate of drug-likeness (QED) is 0.490. The van der Waals surface area contributed by atoms with Gasteiger partial charge < -0.3 is 4.90 Å². The molecule has 1 aliphatic heterocycles. The molecule has 0 saturated carbocycles. The van der Waals surface area contributed by atoms with E-state index >= 15 is 0 Å². The zero-order valence-corrected chi connectivity index (χ0v) is 10.9. The van der Waals surface area contributed by atoms with Crippen LogP contribution in [0.2, 0.25) is 0 Å². The van der Waals surface area contributed by atoms with Crippen molar-refractivity contribution in [3.63, 3.8) is 0 Å². The van der Waals surface area contributed by atoms with Gasteiger partial charge in [-0.3, -0.25) is 10.7 Å². The summed E-state index contributed by atoms with van der Waals surface area (Å²) in [5.74, 6) is 0. The molecular formula is C14H21N3O. The number of benzene rings is 1. The molecule has 0 atom stereocenters. The van der Waals surface area contributed by atoms with E-state index in [1.165, 1.54) is 43.3 Å². The van der Waals surface area contributed by atoms with Crippen LogP contribution in [0.15, 0.2) is 23.2 Å². The van der Waals surface area contributed by atoms with Crippen molar-refractivity contribution in [2.75, 3.05) is 18.0 Å². The van der Waals surface area contributed by atoms with E-state index in [0.29, 0.717) is 0 Å². The molecule has 1 heterocycles. The highest BCUT2D eigenvalue weighted by Gasteiger charge is 2.11. The lowest BCUT2D eigenvalue weighted by molar-refractivity contribution is 0.240. The lowest BCUT2D eigenvalue weighted by Gasteiger charge is -2.24. The molecule has 18 heavy (non-hydrogen) atoms. The van der Waals surface area contributed by atoms with E-state index in [4.69, 9.17) is 5.21 Å². The zero-order chi connectivity index (χ0) is 12.8. The fraction of sp³-hybridized carbons (Fsp3) is 0.500. The summed E-state index contributed by atoms with van der Waals surface area (Å²) in [6, 6.07) is 6.17. The Morgan fingerprint density at radius 2 is 1.94 bits per heavy atom. The van der Waals surface area contributed by atoms with Crippen LogP contribution in [-0.2, 0) is 0 Å². The molecule has 0 spiro atoms. The van der Waals surface area contributed by atoms with Crippen LogP contribution in [-0.4, -0.2) is 24.6 Å². The molecule has 1 aromatic rings. The van der Waals surface area contributed by atoms with E-state index < -0.39 is 0 Å². The van der Waals surface area contributed by atoms with Gasteiger partial charge in [-0.15, -0.1) is 0 Å². The minimum atomic E-state index is 0.854. The Balaban J connectivity index is 2.15. The van der Waals surface area contributed by atoms with Gasteiger partial charge in [-0.2, -0.15) is 0 Å². The van der Waals surface area contributed by atoms with Gasteiger partial charge in [0.1, 0.15) is 6.34 Å². The fourth-order valence-electron chi connectivity index (χ4n) is 2.49. The zero-order valence-electron chi connectivity index (χ0n) is 10.9. The molecule has 0 aromatic heterocycles. The predicted molar refractivity (Wildman–Crippen MR) is 74.9 cm³/mol. The molecule has 0 amide bonds. The Bertz CT molecular complexity index is 410. The van der Waals surface area contributed by atoms with Gasteiger partial charge in [0.25, 0.3) is 0 Å². The maximum Gasteiger partial charge on any atom is 0.113 e. The number of hydrogen-bond donors (Lipinski definition) is 2. The third-order valence-corrected chi connectivity index (χ3v) is 3.40. The van der Waals surface area contributed by atoms with Gasteiger partial charge >= 0.3 is 0 Å². The highest BCUT2D eigenvalue weighted by atomic mass is 16.5. The Hall–Kier alpha value is -1.55. The van der Waals surface area contributed by atoms with Crippen molar-refractivity contribution in [2.45, 2.75) is 32.6 Å². The highest BCUT2D eigenvalue weighted by molar-refractivity contribution is 5.64. The van der Waals surface area contributed by atoms with Crippen molar-refractivity contribution in [2.24, 2.45) is 4.99 Å². The molecule has 4 heteroatoms. The first kappa shape index (κ1) is 12.9. The van der Waals surface area contributed by atoms with Crippen molar-refractivity contribution >= 4 is 17.7 Å². The third kappa shape index (κ3) is 3.23. The van der Waals surface area contributed by atoms with Gasteiger partial charge in [0.15, 0.2) is 0 Å². The minimum absolute atomic E-state index is 0.854. The lowest BCUT2D eigenvalue weighted by Crippen LogP contribution is -2.24. The molecule has 2 rings (SSSR count).